The van der Waals surface area contributed by atoms with E-state index < -0.39 is 0 Å². The molecule has 1 aromatic heterocycles. The maximum atomic E-state index is 5.99. The van der Waals surface area contributed by atoms with Gasteiger partial charge in [-0.15, -0.1) is 4.57 Å². The van der Waals surface area contributed by atoms with E-state index >= 15 is 0 Å². The summed E-state index contributed by atoms with van der Waals surface area (Å²) in [5.74, 6) is 1.05. The predicted octanol–water partition coefficient (Wildman–Crippen LogP) is 5.46. The van der Waals surface area contributed by atoms with E-state index in [0.29, 0.717) is 0 Å². The summed E-state index contributed by atoms with van der Waals surface area (Å²) in [5, 5.41) is 2.06. The van der Waals surface area contributed by atoms with E-state index in [-0.39, 0.29) is 0 Å². The molecule has 0 aliphatic rings. The summed E-state index contributed by atoms with van der Waals surface area (Å²) < 4.78 is 2.27. The number of nitrogens with zero attached hydrogens (tertiary/aromatic N) is 1. The topological polar surface area (TPSA) is 3.88 Å². The first-order valence-electron chi connectivity index (χ1n) is 6.77. The van der Waals surface area contributed by atoms with Crippen molar-refractivity contribution in [1.82, 2.24) is 0 Å². The SMILES string of the molecule is CCSc1c(-c2ccc(Cl)cc2)sc[n+]1-c1ccccc1. The fourth-order valence-electron chi connectivity index (χ4n) is 2.14. The van der Waals surface area contributed by atoms with E-state index in [2.05, 4.69) is 53.4 Å². The summed E-state index contributed by atoms with van der Waals surface area (Å²) in [5.41, 5.74) is 4.59. The first-order chi connectivity index (χ1) is 10.3. The molecule has 0 saturated heterocycles. The Morgan fingerprint density at radius 3 is 2.43 bits per heavy atom. The van der Waals surface area contributed by atoms with Gasteiger partial charge < -0.3 is 0 Å². The summed E-state index contributed by atoms with van der Waals surface area (Å²) in [7, 11) is 0. The predicted molar refractivity (Wildman–Crippen MR) is 92.7 cm³/mol. The fraction of sp³-hybridized carbons (Fsp3) is 0.118. The van der Waals surface area contributed by atoms with Crippen LogP contribution in [0.2, 0.25) is 5.02 Å². The molecule has 0 fully saturated rings. The zero-order valence-electron chi connectivity index (χ0n) is 11.6. The molecule has 0 spiro atoms. The molecule has 0 unspecified atom stereocenters. The van der Waals surface area contributed by atoms with Crippen LogP contribution >= 0.6 is 34.7 Å². The number of aromatic nitrogens is 1. The first-order valence-corrected chi connectivity index (χ1v) is 9.01. The number of benzene rings is 2. The van der Waals surface area contributed by atoms with Crippen LogP contribution in [-0.4, -0.2) is 5.75 Å². The van der Waals surface area contributed by atoms with Crippen LogP contribution in [0.4, 0.5) is 0 Å². The minimum atomic E-state index is 0.774. The minimum absolute atomic E-state index is 0.774. The molecule has 0 aliphatic carbocycles. The van der Waals surface area contributed by atoms with Gasteiger partial charge in [-0.3, -0.25) is 0 Å². The summed E-state index contributed by atoms with van der Waals surface area (Å²) in [6.07, 6.45) is 0. The Kier molecular flexibility index (Phi) is 4.63. The number of hydrogen-bond acceptors (Lipinski definition) is 2. The molecule has 21 heavy (non-hydrogen) atoms. The van der Waals surface area contributed by atoms with Crippen molar-refractivity contribution in [2.45, 2.75) is 11.9 Å². The molecular weight excluding hydrogens is 318 g/mol. The number of thioether (sulfide) groups is 1. The van der Waals surface area contributed by atoms with Crippen LogP contribution in [0, 0.1) is 0 Å². The Hall–Kier alpha value is -1.29. The number of halogens is 1. The van der Waals surface area contributed by atoms with Gasteiger partial charge in [-0.1, -0.05) is 72.0 Å². The third-order valence-electron chi connectivity index (χ3n) is 3.11. The van der Waals surface area contributed by atoms with Gasteiger partial charge in [0, 0.05) is 22.9 Å². The van der Waals surface area contributed by atoms with Gasteiger partial charge in [-0.05, 0) is 17.7 Å². The molecule has 0 aliphatic heterocycles. The third-order valence-corrected chi connectivity index (χ3v) is 5.44. The Morgan fingerprint density at radius 2 is 1.76 bits per heavy atom. The highest BCUT2D eigenvalue weighted by Gasteiger charge is 2.22. The Balaban J connectivity index is 2.10. The van der Waals surface area contributed by atoms with Crippen molar-refractivity contribution in [3.8, 4) is 16.1 Å². The highest BCUT2D eigenvalue weighted by atomic mass is 35.5. The third kappa shape index (κ3) is 3.15. The van der Waals surface area contributed by atoms with Gasteiger partial charge in [-0.25, -0.2) is 0 Å². The summed E-state index contributed by atoms with van der Waals surface area (Å²) in [6.45, 7) is 2.18. The van der Waals surface area contributed by atoms with E-state index in [0.717, 1.165) is 10.8 Å². The zero-order valence-corrected chi connectivity index (χ0v) is 14.0. The van der Waals surface area contributed by atoms with Gasteiger partial charge in [0.2, 0.25) is 11.2 Å². The van der Waals surface area contributed by atoms with Crippen LogP contribution in [0.3, 0.4) is 0 Å². The van der Waals surface area contributed by atoms with Gasteiger partial charge in [0.15, 0.2) is 0 Å². The lowest BCUT2D eigenvalue weighted by Gasteiger charge is -2.01. The molecular formula is C17H15ClNS2+. The van der Waals surface area contributed by atoms with Crippen molar-refractivity contribution < 1.29 is 4.57 Å². The van der Waals surface area contributed by atoms with Crippen LogP contribution in [0.15, 0.2) is 65.1 Å². The first kappa shape index (κ1) is 14.6. The highest BCUT2D eigenvalue weighted by molar-refractivity contribution is 7.99. The average molecular weight is 333 g/mol. The molecule has 1 nitrogen and oxygen atoms in total. The van der Waals surface area contributed by atoms with Gasteiger partial charge in [0.25, 0.3) is 5.03 Å². The molecule has 0 bridgehead atoms. The minimum Gasteiger partial charge on any atom is -0.144 e. The monoisotopic (exact) mass is 332 g/mol. The smallest absolute Gasteiger partial charge is 0.144 e. The molecule has 0 N–H and O–H groups in total. The van der Waals surface area contributed by atoms with Gasteiger partial charge >= 0.3 is 0 Å². The van der Waals surface area contributed by atoms with E-state index in [1.54, 1.807) is 11.3 Å². The zero-order chi connectivity index (χ0) is 14.7. The molecule has 3 rings (SSSR count). The molecule has 3 aromatic rings. The van der Waals surface area contributed by atoms with Crippen LogP contribution in [0.25, 0.3) is 16.1 Å². The largest absolute Gasteiger partial charge is 0.264 e. The summed E-state index contributed by atoms with van der Waals surface area (Å²) in [6, 6.07) is 18.5. The van der Waals surface area contributed by atoms with Crippen molar-refractivity contribution in [3.05, 3.63) is 65.1 Å². The van der Waals surface area contributed by atoms with Crippen LogP contribution < -0.4 is 4.57 Å². The number of para-hydroxylation sites is 1. The fourth-order valence-corrected chi connectivity index (χ4v) is 4.39. The van der Waals surface area contributed by atoms with E-state index in [4.69, 9.17) is 11.6 Å². The average Bonchev–Trinajstić information content (AvgIpc) is 2.93. The van der Waals surface area contributed by atoms with Crippen LogP contribution in [0.5, 0.6) is 0 Å². The highest BCUT2D eigenvalue weighted by Crippen LogP contribution is 2.34. The number of rotatable bonds is 4. The summed E-state index contributed by atoms with van der Waals surface area (Å²) in [4.78, 5) is 1.29. The second-order valence-electron chi connectivity index (χ2n) is 4.50. The lowest BCUT2D eigenvalue weighted by molar-refractivity contribution is -0.629. The summed E-state index contributed by atoms with van der Waals surface area (Å²) >= 11 is 9.63. The van der Waals surface area contributed by atoms with E-state index in [1.807, 2.05) is 30.0 Å². The molecule has 2 aromatic carbocycles. The Labute approximate surface area is 138 Å². The van der Waals surface area contributed by atoms with E-state index in [9.17, 15) is 0 Å². The Bertz CT molecular complexity index is 720. The Morgan fingerprint density at radius 1 is 1.05 bits per heavy atom. The standard InChI is InChI=1S/C17H15ClNS2/c1-2-20-17-16(13-8-10-14(18)11-9-13)21-12-19(17)15-6-4-3-5-7-15/h3-12H,2H2,1H3/q+1. The molecule has 4 heteroatoms. The molecule has 0 saturated carbocycles. The maximum Gasteiger partial charge on any atom is 0.264 e. The molecule has 0 atom stereocenters. The van der Waals surface area contributed by atoms with Gasteiger partial charge in [0.05, 0.1) is 0 Å². The van der Waals surface area contributed by atoms with E-state index in [1.165, 1.54) is 21.2 Å². The van der Waals surface area contributed by atoms with Crippen molar-refractivity contribution >= 4 is 34.7 Å². The normalized spacial score (nSPS) is 10.8. The van der Waals surface area contributed by atoms with Crippen molar-refractivity contribution in [2.24, 2.45) is 0 Å². The number of thiazole rings is 1. The molecule has 0 radical (unpaired) electrons. The van der Waals surface area contributed by atoms with Gasteiger partial charge in [-0.2, -0.15) is 0 Å². The van der Waals surface area contributed by atoms with Crippen LogP contribution in [0.1, 0.15) is 6.92 Å². The van der Waals surface area contributed by atoms with Crippen molar-refractivity contribution in [3.63, 3.8) is 0 Å². The van der Waals surface area contributed by atoms with Crippen molar-refractivity contribution in [1.29, 1.82) is 0 Å². The lowest BCUT2D eigenvalue weighted by atomic mass is 10.2. The van der Waals surface area contributed by atoms with Crippen molar-refractivity contribution in [2.75, 3.05) is 5.75 Å². The second-order valence-corrected chi connectivity index (χ2v) is 7.05. The van der Waals surface area contributed by atoms with Gasteiger partial charge in [0.1, 0.15) is 4.88 Å². The molecule has 1 heterocycles. The lowest BCUT2D eigenvalue weighted by Crippen LogP contribution is -2.30. The van der Waals surface area contributed by atoms with Crippen LogP contribution in [-0.2, 0) is 0 Å². The molecule has 106 valence electrons. The second kappa shape index (κ2) is 6.65. The number of hydrogen-bond donors (Lipinski definition) is 0. The maximum absolute atomic E-state index is 5.99. The quantitative estimate of drug-likeness (QED) is 0.453. The molecule has 0 amide bonds.